The van der Waals surface area contributed by atoms with Crippen molar-refractivity contribution >= 4 is 40.3 Å². The lowest BCUT2D eigenvalue weighted by Crippen LogP contribution is -2.37. The maximum Gasteiger partial charge on any atom is 0.293 e. The summed E-state index contributed by atoms with van der Waals surface area (Å²) in [5, 5.41) is 17.3. The average Bonchev–Trinajstić information content (AvgIpc) is 2.86. The molecule has 0 atom stereocenters. The summed E-state index contributed by atoms with van der Waals surface area (Å²) >= 11 is 5.26. The molecule has 0 saturated carbocycles. The molecule has 4 rings (SSSR count). The number of nitro groups is 1. The van der Waals surface area contributed by atoms with Gasteiger partial charge in [-0.2, -0.15) is 0 Å². The van der Waals surface area contributed by atoms with Crippen molar-refractivity contribution < 1.29 is 14.5 Å². The smallest absolute Gasteiger partial charge is 0.293 e. The molecule has 2 aromatic carbocycles. The fraction of sp³-hybridized carbons (Fsp3) is 0.208. The maximum atomic E-state index is 12.7. The van der Waals surface area contributed by atoms with Gasteiger partial charge < -0.3 is 15.0 Å². The highest BCUT2D eigenvalue weighted by molar-refractivity contribution is 7.80. The number of thiocarbonyl (C=S) groups is 1. The topological polar surface area (TPSA) is 110 Å². The zero-order valence-electron chi connectivity index (χ0n) is 18.3. The molecular weight excluding hydrogens is 454 g/mol. The number of nitro benzene ring substituents is 1. The standard InChI is InChI=1S/C24H23N5O4S/c30-23(19-3-6-21(22(16-19)29(31)32)28-11-13-33-14-12-28)27-24(34)26-20-4-1-17(2-5-20)15-18-7-9-25-10-8-18/h1-10,16H,11-15H2,(H2,26,27,30,34). The van der Waals surface area contributed by atoms with Crippen LogP contribution in [0.15, 0.2) is 67.0 Å². The van der Waals surface area contributed by atoms with Gasteiger partial charge in [0.15, 0.2) is 5.11 Å². The van der Waals surface area contributed by atoms with Gasteiger partial charge in [0.05, 0.1) is 18.1 Å². The zero-order valence-corrected chi connectivity index (χ0v) is 19.1. The molecule has 3 aromatic rings. The van der Waals surface area contributed by atoms with E-state index in [9.17, 15) is 14.9 Å². The predicted octanol–water partition coefficient (Wildman–Crippen LogP) is 3.54. The van der Waals surface area contributed by atoms with Crippen LogP contribution in [0, 0.1) is 10.1 Å². The number of nitrogens with one attached hydrogen (secondary N) is 2. The maximum absolute atomic E-state index is 12.7. The molecular formula is C24H23N5O4S. The SMILES string of the molecule is O=C(NC(=S)Nc1ccc(Cc2ccncc2)cc1)c1ccc(N2CCOCC2)c([N+](=O)[O-])c1. The minimum Gasteiger partial charge on any atom is -0.378 e. The largest absolute Gasteiger partial charge is 0.378 e. The Morgan fingerprint density at radius 2 is 1.74 bits per heavy atom. The van der Waals surface area contributed by atoms with Crippen LogP contribution in [-0.4, -0.2) is 47.2 Å². The molecule has 0 radical (unpaired) electrons. The molecule has 2 N–H and O–H groups in total. The third-order valence-corrected chi connectivity index (χ3v) is 5.59. The Balaban J connectivity index is 1.38. The summed E-state index contributed by atoms with van der Waals surface area (Å²) in [6.45, 7) is 2.12. The highest BCUT2D eigenvalue weighted by Crippen LogP contribution is 2.30. The number of nitrogens with zero attached hydrogens (tertiary/aromatic N) is 3. The highest BCUT2D eigenvalue weighted by atomic mass is 32.1. The molecule has 10 heteroatoms. The Labute approximate surface area is 201 Å². The summed E-state index contributed by atoms with van der Waals surface area (Å²) in [6.07, 6.45) is 4.30. The molecule has 1 saturated heterocycles. The van der Waals surface area contributed by atoms with E-state index >= 15 is 0 Å². The Morgan fingerprint density at radius 1 is 1.06 bits per heavy atom. The summed E-state index contributed by atoms with van der Waals surface area (Å²) in [5.74, 6) is -0.525. The van der Waals surface area contributed by atoms with Gasteiger partial charge in [-0.3, -0.25) is 25.2 Å². The predicted molar refractivity (Wildman–Crippen MR) is 133 cm³/mol. The summed E-state index contributed by atoms with van der Waals surface area (Å²) in [6, 6.07) is 16.1. The summed E-state index contributed by atoms with van der Waals surface area (Å²) in [4.78, 5) is 29.7. The van der Waals surface area contributed by atoms with E-state index in [4.69, 9.17) is 17.0 Å². The first kappa shape index (κ1) is 23.3. The van der Waals surface area contributed by atoms with E-state index in [0.29, 0.717) is 32.0 Å². The van der Waals surface area contributed by atoms with Crippen LogP contribution in [0.2, 0.25) is 0 Å². The van der Waals surface area contributed by atoms with Gasteiger partial charge in [-0.05, 0) is 66.2 Å². The number of ether oxygens (including phenoxy) is 1. The lowest BCUT2D eigenvalue weighted by Gasteiger charge is -2.28. The fourth-order valence-corrected chi connectivity index (χ4v) is 3.87. The summed E-state index contributed by atoms with van der Waals surface area (Å²) in [7, 11) is 0. The fourth-order valence-electron chi connectivity index (χ4n) is 3.66. The molecule has 0 aliphatic carbocycles. The quantitative estimate of drug-likeness (QED) is 0.315. The number of morpholine rings is 1. The second kappa shape index (κ2) is 10.8. The minimum absolute atomic E-state index is 0.104. The molecule has 0 bridgehead atoms. The first-order valence-electron chi connectivity index (χ1n) is 10.7. The molecule has 174 valence electrons. The van der Waals surface area contributed by atoms with Crippen molar-refractivity contribution in [3.63, 3.8) is 0 Å². The van der Waals surface area contributed by atoms with Crippen molar-refractivity contribution in [3.05, 3.63) is 93.8 Å². The second-order valence-corrected chi connectivity index (χ2v) is 8.11. The monoisotopic (exact) mass is 477 g/mol. The summed E-state index contributed by atoms with van der Waals surface area (Å²) < 4.78 is 5.31. The molecule has 1 amide bonds. The number of aromatic nitrogens is 1. The normalized spacial score (nSPS) is 13.2. The van der Waals surface area contributed by atoms with E-state index in [1.165, 1.54) is 6.07 Å². The van der Waals surface area contributed by atoms with Gasteiger partial charge in [-0.1, -0.05) is 12.1 Å². The Kier molecular flexibility index (Phi) is 7.41. The third-order valence-electron chi connectivity index (χ3n) is 5.38. The van der Waals surface area contributed by atoms with Gasteiger partial charge in [0.2, 0.25) is 0 Å². The number of anilines is 2. The van der Waals surface area contributed by atoms with Crippen LogP contribution in [-0.2, 0) is 11.2 Å². The van der Waals surface area contributed by atoms with E-state index < -0.39 is 10.8 Å². The number of rotatable bonds is 6. The molecule has 1 aliphatic heterocycles. The van der Waals surface area contributed by atoms with Gasteiger partial charge in [-0.15, -0.1) is 0 Å². The van der Waals surface area contributed by atoms with Gasteiger partial charge in [0, 0.05) is 42.8 Å². The van der Waals surface area contributed by atoms with Gasteiger partial charge in [0.1, 0.15) is 5.69 Å². The number of hydrogen-bond donors (Lipinski definition) is 2. The van der Waals surface area contributed by atoms with Crippen LogP contribution in [0.1, 0.15) is 21.5 Å². The molecule has 1 aromatic heterocycles. The molecule has 2 heterocycles. The summed E-state index contributed by atoms with van der Waals surface area (Å²) in [5.41, 5.74) is 3.50. The molecule has 0 unspecified atom stereocenters. The lowest BCUT2D eigenvalue weighted by atomic mass is 10.1. The molecule has 34 heavy (non-hydrogen) atoms. The van der Waals surface area contributed by atoms with Crippen LogP contribution < -0.4 is 15.5 Å². The number of amides is 1. The number of hydrogen-bond acceptors (Lipinski definition) is 7. The number of benzene rings is 2. The first-order valence-corrected chi connectivity index (χ1v) is 11.1. The number of carbonyl (C=O) groups excluding carboxylic acids is 1. The van der Waals surface area contributed by atoms with E-state index in [1.807, 2.05) is 41.3 Å². The molecule has 0 spiro atoms. The van der Waals surface area contributed by atoms with Crippen LogP contribution in [0.5, 0.6) is 0 Å². The van der Waals surface area contributed by atoms with Gasteiger partial charge in [0.25, 0.3) is 11.6 Å². The Morgan fingerprint density at radius 3 is 2.41 bits per heavy atom. The number of pyridine rings is 1. The van der Waals surface area contributed by atoms with Gasteiger partial charge >= 0.3 is 0 Å². The minimum atomic E-state index is -0.525. The van der Waals surface area contributed by atoms with Crippen LogP contribution >= 0.6 is 12.2 Å². The van der Waals surface area contributed by atoms with Crippen LogP contribution in [0.4, 0.5) is 17.1 Å². The van der Waals surface area contributed by atoms with Crippen molar-refractivity contribution in [2.24, 2.45) is 0 Å². The van der Waals surface area contributed by atoms with Gasteiger partial charge in [-0.25, -0.2) is 0 Å². The van der Waals surface area contributed by atoms with E-state index in [0.717, 1.165) is 23.2 Å². The Bertz CT molecular complexity index is 1180. The first-order chi connectivity index (χ1) is 16.5. The van der Waals surface area contributed by atoms with E-state index in [1.54, 1.807) is 24.5 Å². The van der Waals surface area contributed by atoms with Crippen molar-refractivity contribution in [1.82, 2.24) is 10.3 Å². The van der Waals surface area contributed by atoms with Crippen molar-refractivity contribution in [2.75, 3.05) is 36.5 Å². The number of carbonyl (C=O) groups is 1. The van der Waals surface area contributed by atoms with E-state index in [-0.39, 0.29) is 16.4 Å². The second-order valence-electron chi connectivity index (χ2n) is 7.70. The average molecular weight is 478 g/mol. The van der Waals surface area contributed by atoms with Crippen molar-refractivity contribution in [3.8, 4) is 0 Å². The van der Waals surface area contributed by atoms with Crippen LogP contribution in [0.3, 0.4) is 0 Å². The van der Waals surface area contributed by atoms with Crippen molar-refractivity contribution in [2.45, 2.75) is 6.42 Å². The molecule has 1 aliphatic rings. The third kappa shape index (κ3) is 5.91. The molecule has 9 nitrogen and oxygen atoms in total. The van der Waals surface area contributed by atoms with Crippen molar-refractivity contribution in [1.29, 1.82) is 0 Å². The van der Waals surface area contributed by atoms with Crippen LogP contribution in [0.25, 0.3) is 0 Å². The highest BCUT2D eigenvalue weighted by Gasteiger charge is 2.23. The lowest BCUT2D eigenvalue weighted by molar-refractivity contribution is -0.384. The Hall–Kier alpha value is -3.89. The molecule has 1 fully saturated rings. The van der Waals surface area contributed by atoms with E-state index in [2.05, 4.69) is 15.6 Å². The zero-order chi connectivity index (χ0) is 23.9.